The van der Waals surface area contributed by atoms with E-state index in [1.54, 1.807) is 28.1 Å². The molecule has 2 N–H and O–H groups in total. The second kappa shape index (κ2) is 9.75. The minimum atomic E-state index is -2.62. The Hall–Kier alpha value is -2.19. The van der Waals surface area contributed by atoms with Crippen LogP contribution < -0.4 is 5.32 Å². The summed E-state index contributed by atoms with van der Waals surface area (Å²) in [5, 5.41) is 3.90. The standard InChI is InChI=1S/C23H29ClF2N4O2/c24-19-12-17-3-6-27-22(17)18(13-19)15-29-7-9-30(10-8-29)21(32)14-28-20(31)11-16-1-4-23(25,26)5-2-16/h3,6,12-13,16,27H,1-2,4-5,7-11,14-15H2,(H,28,31)/i15D2. The Kier molecular flexibility index (Phi) is 6.22. The van der Waals surface area contributed by atoms with E-state index in [9.17, 15) is 18.4 Å². The van der Waals surface area contributed by atoms with Gasteiger partial charge in [-0.2, -0.15) is 0 Å². The average Bonchev–Trinajstić information content (AvgIpc) is 3.26. The molecule has 0 radical (unpaired) electrons. The molecule has 0 bridgehead atoms. The number of carbonyl (C=O) groups excluding carboxylic acids is 2. The van der Waals surface area contributed by atoms with Crippen LogP contribution >= 0.6 is 11.6 Å². The van der Waals surface area contributed by atoms with E-state index in [1.807, 2.05) is 6.07 Å². The molecule has 2 heterocycles. The van der Waals surface area contributed by atoms with Crippen molar-refractivity contribution < 1.29 is 21.1 Å². The number of carbonyl (C=O) groups is 2. The van der Waals surface area contributed by atoms with Gasteiger partial charge in [0.15, 0.2) is 0 Å². The van der Waals surface area contributed by atoms with Gasteiger partial charge in [0, 0.05) is 71.3 Å². The zero-order valence-corrected chi connectivity index (χ0v) is 18.6. The lowest BCUT2D eigenvalue weighted by Crippen LogP contribution is -2.51. The summed E-state index contributed by atoms with van der Waals surface area (Å²) in [5.74, 6) is -3.23. The third-order valence-electron chi connectivity index (χ3n) is 6.28. The summed E-state index contributed by atoms with van der Waals surface area (Å²) in [4.78, 5) is 31.1. The molecule has 9 heteroatoms. The number of H-pyrrole nitrogens is 1. The quantitative estimate of drug-likeness (QED) is 0.677. The van der Waals surface area contributed by atoms with Crippen LogP contribution in [0.25, 0.3) is 10.9 Å². The molecule has 1 saturated carbocycles. The van der Waals surface area contributed by atoms with Gasteiger partial charge in [0.25, 0.3) is 0 Å². The first kappa shape index (κ1) is 20.4. The maximum atomic E-state index is 13.3. The lowest BCUT2D eigenvalue weighted by molar-refractivity contribution is -0.134. The van der Waals surface area contributed by atoms with E-state index in [2.05, 4.69) is 10.3 Å². The minimum absolute atomic E-state index is 0.0712. The Morgan fingerprint density at radius 3 is 2.66 bits per heavy atom. The van der Waals surface area contributed by atoms with Crippen molar-refractivity contribution in [3.8, 4) is 0 Å². The molecular formula is C23H29ClF2N4O2. The number of halogens is 3. The predicted octanol–water partition coefficient (Wildman–Crippen LogP) is 3.80. The highest BCUT2D eigenvalue weighted by molar-refractivity contribution is 6.31. The summed E-state index contributed by atoms with van der Waals surface area (Å²) in [6.07, 6.45) is 2.16. The molecule has 32 heavy (non-hydrogen) atoms. The highest BCUT2D eigenvalue weighted by atomic mass is 35.5. The molecule has 1 aliphatic carbocycles. The highest BCUT2D eigenvalue weighted by Gasteiger charge is 2.35. The molecule has 6 nitrogen and oxygen atoms in total. The van der Waals surface area contributed by atoms with Crippen LogP contribution in [0.15, 0.2) is 24.4 Å². The zero-order chi connectivity index (χ0) is 24.5. The van der Waals surface area contributed by atoms with Crippen molar-refractivity contribution in [3.63, 3.8) is 0 Å². The number of nitrogens with zero attached hydrogens (tertiary/aromatic N) is 2. The van der Waals surface area contributed by atoms with Gasteiger partial charge in [-0.25, -0.2) is 8.78 Å². The SMILES string of the molecule is [2H]C([2H])(c1cc(Cl)cc2cc[nH]c12)N1CCN(C(=O)CNC(=O)CC2CCC(F)(F)CC2)CC1. The Morgan fingerprint density at radius 1 is 1.22 bits per heavy atom. The topological polar surface area (TPSA) is 68.4 Å². The number of fused-ring (bicyclic) bond motifs is 1. The molecule has 1 aromatic carbocycles. The number of alkyl halides is 2. The monoisotopic (exact) mass is 468 g/mol. The van der Waals surface area contributed by atoms with Gasteiger partial charge < -0.3 is 15.2 Å². The number of nitrogens with one attached hydrogen (secondary N) is 2. The number of hydrogen-bond donors (Lipinski definition) is 2. The first-order valence-corrected chi connectivity index (χ1v) is 11.4. The predicted molar refractivity (Wildman–Crippen MR) is 120 cm³/mol. The molecule has 2 aromatic rings. The molecule has 4 rings (SSSR count). The number of aromatic nitrogens is 1. The number of rotatable bonds is 6. The molecule has 2 aliphatic rings. The van der Waals surface area contributed by atoms with Crippen molar-refractivity contribution >= 4 is 34.3 Å². The van der Waals surface area contributed by atoms with Crippen LogP contribution in [0.2, 0.25) is 5.02 Å². The van der Waals surface area contributed by atoms with E-state index < -0.39 is 12.4 Å². The summed E-state index contributed by atoms with van der Waals surface area (Å²) in [7, 11) is 0. The fourth-order valence-electron chi connectivity index (χ4n) is 4.39. The van der Waals surface area contributed by atoms with Gasteiger partial charge in [0.1, 0.15) is 0 Å². The van der Waals surface area contributed by atoms with Gasteiger partial charge in [-0.15, -0.1) is 0 Å². The molecule has 0 unspecified atom stereocenters. The molecule has 1 aromatic heterocycles. The normalized spacial score (nSPS) is 21.3. The van der Waals surface area contributed by atoms with Crippen molar-refractivity contribution in [1.82, 2.24) is 20.1 Å². The Bertz CT molecular complexity index is 1050. The third-order valence-corrected chi connectivity index (χ3v) is 6.50. The maximum absolute atomic E-state index is 13.3. The molecule has 0 atom stereocenters. The Balaban J connectivity index is 1.26. The van der Waals surface area contributed by atoms with Gasteiger partial charge in [-0.1, -0.05) is 11.6 Å². The minimum Gasteiger partial charge on any atom is -0.361 e. The second-order valence-electron chi connectivity index (χ2n) is 8.66. The lowest BCUT2D eigenvalue weighted by atomic mass is 9.84. The van der Waals surface area contributed by atoms with E-state index in [0.29, 0.717) is 55.1 Å². The largest absolute Gasteiger partial charge is 0.361 e. The number of hydrogen-bond acceptors (Lipinski definition) is 3. The molecule has 174 valence electrons. The summed E-state index contributed by atoms with van der Waals surface area (Å²) in [5.41, 5.74) is 1.14. The van der Waals surface area contributed by atoms with Crippen LogP contribution in [0.5, 0.6) is 0 Å². The summed E-state index contributed by atoms with van der Waals surface area (Å²) in [6, 6.07) is 5.25. The first-order chi connectivity index (χ1) is 16.0. The molecule has 1 aliphatic heterocycles. The van der Waals surface area contributed by atoms with E-state index >= 15 is 0 Å². The van der Waals surface area contributed by atoms with Crippen LogP contribution in [0.4, 0.5) is 8.78 Å². The van der Waals surface area contributed by atoms with Gasteiger partial charge in [-0.05, 0) is 42.5 Å². The van der Waals surface area contributed by atoms with E-state index in [1.165, 1.54) is 0 Å². The van der Waals surface area contributed by atoms with E-state index in [0.717, 1.165) is 5.39 Å². The van der Waals surface area contributed by atoms with Gasteiger partial charge in [-0.3, -0.25) is 14.5 Å². The summed E-state index contributed by atoms with van der Waals surface area (Å²) < 4.78 is 44.0. The van der Waals surface area contributed by atoms with Gasteiger partial charge in [0.05, 0.1) is 12.1 Å². The first-order valence-electron chi connectivity index (χ1n) is 12.0. The van der Waals surface area contributed by atoms with Crippen molar-refractivity contribution in [2.75, 3.05) is 32.7 Å². The number of piperazine rings is 1. The maximum Gasteiger partial charge on any atom is 0.248 e. The van der Waals surface area contributed by atoms with Crippen molar-refractivity contribution in [3.05, 3.63) is 35.0 Å². The van der Waals surface area contributed by atoms with Crippen LogP contribution in [-0.2, 0) is 16.1 Å². The second-order valence-corrected chi connectivity index (χ2v) is 9.09. The molecule has 1 saturated heterocycles. The van der Waals surface area contributed by atoms with Crippen molar-refractivity contribution in [2.24, 2.45) is 5.92 Å². The third kappa shape index (κ3) is 5.78. The van der Waals surface area contributed by atoms with Gasteiger partial charge >= 0.3 is 0 Å². The zero-order valence-electron chi connectivity index (χ0n) is 19.8. The molecule has 0 spiro atoms. The van der Waals surface area contributed by atoms with Crippen LogP contribution in [0, 0.1) is 5.92 Å². The van der Waals surface area contributed by atoms with Crippen molar-refractivity contribution in [2.45, 2.75) is 44.5 Å². The summed E-state index contributed by atoms with van der Waals surface area (Å²) in [6.45, 7) is -0.601. The average molecular weight is 469 g/mol. The molecular weight excluding hydrogens is 438 g/mol. The van der Waals surface area contributed by atoms with Crippen LogP contribution in [0.3, 0.4) is 0 Å². The van der Waals surface area contributed by atoms with Crippen LogP contribution in [0.1, 0.15) is 40.4 Å². The number of aromatic amines is 1. The summed E-state index contributed by atoms with van der Waals surface area (Å²) >= 11 is 6.20. The van der Waals surface area contributed by atoms with E-state index in [-0.39, 0.29) is 43.5 Å². The lowest BCUT2D eigenvalue weighted by Gasteiger charge is -2.35. The fraction of sp³-hybridized carbons (Fsp3) is 0.565. The Labute approximate surface area is 194 Å². The molecule has 2 fully saturated rings. The van der Waals surface area contributed by atoms with E-state index in [4.69, 9.17) is 14.3 Å². The highest BCUT2D eigenvalue weighted by Crippen LogP contribution is 2.37. The fourth-order valence-corrected chi connectivity index (χ4v) is 4.61. The molecule has 2 amide bonds. The van der Waals surface area contributed by atoms with Crippen molar-refractivity contribution in [1.29, 1.82) is 0 Å². The number of amides is 2. The van der Waals surface area contributed by atoms with Gasteiger partial charge in [0.2, 0.25) is 17.7 Å². The smallest absolute Gasteiger partial charge is 0.248 e. The Morgan fingerprint density at radius 2 is 1.94 bits per heavy atom. The number of benzene rings is 1. The van der Waals surface area contributed by atoms with Crippen LogP contribution in [-0.4, -0.2) is 65.2 Å².